The summed E-state index contributed by atoms with van der Waals surface area (Å²) in [5, 5.41) is 18.3. The number of hydrogen-bond acceptors (Lipinski definition) is 4. The summed E-state index contributed by atoms with van der Waals surface area (Å²) < 4.78 is 53.3. The van der Waals surface area contributed by atoms with Gasteiger partial charge in [-0.25, -0.2) is 9.00 Å². The zero-order valence-corrected chi connectivity index (χ0v) is 16.6. The van der Waals surface area contributed by atoms with E-state index in [1.165, 1.54) is 37.3 Å². The Bertz CT molecular complexity index is 1310. The SMILES string of the molecule is Cc1c(S(=O)c2ccc(C#N)cc2)cc(C(=O)O)c(=O)n1-c1cccc(C(F)(F)F)c1. The zero-order valence-electron chi connectivity index (χ0n) is 15.8. The molecule has 0 aliphatic heterocycles. The number of halogens is 3. The van der Waals surface area contributed by atoms with Gasteiger partial charge < -0.3 is 5.11 Å². The molecular formula is C21H13F3N2O4S. The second kappa shape index (κ2) is 8.20. The van der Waals surface area contributed by atoms with Crippen molar-refractivity contribution in [1.29, 1.82) is 5.26 Å². The van der Waals surface area contributed by atoms with Gasteiger partial charge in [-0.1, -0.05) is 6.07 Å². The molecule has 1 atom stereocenters. The van der Waals surface area contributed by atoms with E-state index in [0.29, 0.717) is 11.6 Å². The van der Waals surface area contributed by atoms with Crippen LogP contribution >= 0.6 is 0 Å². The fourth-order valence-corrected chi connectivity index (χ4v) is 4.16. The molecule has 158 valence electrons. The Morgan fingerprint density at radius 2 is 1.77 bits per heavy atom. The summed E-state index contributed by atoms with van der Waals surface area (Å²) in [6.07, 6.45) is -4.67. The topological polar surface area (TPSA) is 100 Å². The Labute approximate surface area is 176 Å². The normalized spacial score (nSPS) is 12.2. The molecule has 3 rings (SSSR count). The Hall–Kier alpha value is -3.71. The van der Waals surface area contributed by atoms with Crippen LogP contribution in [0.25, 0.3) is 5.69 Å². The fraction of sp³-hybridized carbons (Fsp3) is 0.0952. The van der Waals surface area contributed by atoms with Gasteiger partial charge in [0.15, 0.2) is 0 Å². The van der Waals surface area contributed by atoms with Gasteiger partial charge in [0, 0.05) is 16.3 Å². The lowest BCUT2D eigenvalue weighted by atomic mass is 10.1. The molecule has 0 radical (unpaired) electrons. The maximum Gasteiger partial charge on any atom is 0.416 e. The summed E-state index contributed by atoms with van der Waals surface area (Å²) >= 11 is 0. The lowest BCUT2D eigenvalue weighted by molar-refractivity contribution is -0.137. The van der Waals surface area contributed by atoms with Crippen LogP contribution in [0.3, 0.4) is 0 Å². The van der Waals surface area contributed by atoms with Crippen LogP contribution in [0.4, 0.5) is 13.2 Å². The minimum atomic E-state index is -4.67. The number of carboxylic acids is 1. The molecular weight excluding hydrogens is 433 g/mol. The van der Waals surface area contributed by atoms with E-state index in [0.717, 1.165) is 22.8 Å². The fourth-order valence-electron chi connectivity index (χ4n) is 2.93. The maximum absolute atomic E-state index is 13.1. The van der Waals surface area contributed by atoms with E-state index in [4.69, 9.17) is 5.26 Å². The lowest BCUT2D eigenvalue weighted by Gasteiger charge is -2.17. The highest BCUT2D eigenvalue weighted by Crippen LogP contribution is 2.31. The Morgan fingerprint density at radius 1 is 1.13 bits per heavy atom. The van der Waals surface area contributed by atoms with Crippen LogP contribution in [-0.4, -0.2) is 19.9 Å². The minimum absolute atomic E-state index is 0.0250. The molecule has 0 saturated heterocycles. The highest BCUT2D eigenvalue weighted by Gasteiger charge is 2.31. The average Bonchev–Trinajstić information content (AvgIpc) is 2.73. The summed E-state index contributed by atoms with van der Waals surface area (Å²) in [4.78, 5) is 24.5. The van der Waals surface area contributed by atoms with Crippen molar-refractivity contribution in [3.63, 3.8) is 0 Å². The number of pyridine rings is 1. The van der Waals surface area contributed by atoms with Crippen LogP contribution in [0, 0.1) is 18.3 Å². The first-order valence-corrected chi connectivity index (χ1v) is 9.79. The molecule has 10 heteroatoms. The summed E-state index contributed by atoms with van der Waals surface area (Å²) in [6, 6.07) is 12.4. The molecule has 0 amide bonds. The van der Waals surface area contributed by atoms with Crippen molar-refractivity contribution in [1.82, 2.24) is 4.57 Å². The summed E-state index contributed by atoms with van der Waals surface area (Å²) in [7, 11) is -1.96. The maximum atomic E-state index is 13.1. The van der Waals surface area contributed by atoms with Crippen molar-refractivity contribution >= 4 is 16.8 Å². The van der Waals surface area contributed by atoms with E-state index >= 15 is 0 Å². The largest absolute Gasteiger partial charge is 0.477 e. The van der Waals surface area contributed by atoms with Crippen molar-refractivity contribution in [2.75, 3.05) is 0 Å². The monoisotopic (exact) mass is 446 g/mol. The second-order valence-electron chi connectivity index (χ2n) is 6.41. The van der Waals surface area contributed by atoms with Crippen LogP contribution < -0.4 is 5.56 Å². The first kappa shape index (κ1) is 22.0. The van der Waals surface area contributed by atoms with Gasteiger partial charge in [0.2, 0.25) is 0 Å². The molecule has 0 fully saturated rings. The Balaban J connectivity index is 2.27. The first-order valence-electron chi connectivity index (χ1n) is 8.64. The van der Waals surface area contributed by atoms with Gasteiger partial charge in [0.25, 0.3) is 5.56 Å². The van der Waals surface area contributed by atoms with Crippen LogP contribution in [-0.2, 0) is 17.0 Å². The van der Waals surface area contributed by atoms with E-state index in [1.807, 2.05) is 6.07 Å². The molecule has 2 aromatic carbocycles. The smallest absolute Gasteiger partial charge is 0.416 e. The molecule has 0 aliphatic carbocycles. The van der Waals surface area contributed by atoms with Gasteiger partial charge >= 0.3 is 12.1 Å². The van der Waals surface area contributed by atoms with Crippen molar-refractivity contribution in [3.8, 4) is 11.8 Å². The van der Waals surface area contributed by atoms with E-state index in [2.05, 4.69) is 0 Å². The predicted octanol–water partition coefficient (Wildman–Crippen LogP) is 3.90. The van der Waals surface area contributed by atoms with Crippen molar-refractivity contribution in [3.05, 3.63) is 87.3 Å². The molecule has 0 bridgehead atoms. The summed E-state index contributed by atoms with van der Waals surface area (Å²) in [5.41, 5.74) is -2.68. The number of rotatable bonds is 4. The van der Waals surface area contributed by atoms with Gasteiger partial charge in [-0.2, -0.15) is 18.4 Å². The van der Waals surface area contributed by atoms with Crippen molar-refractivity contribution in [2.45, 2.75) is 22.9 Å². The third-order valence-electron chi connectivity index (χ3n) is 4.46. The van der Waals surface area contributed by atoms with Crippen LogP contribution in [0.1, 0.15) is 27.2 Å². The van der Waals surface area contributed by atoms with Crippen LogP contribution in [0.5, 0.6) is 0 Å². The van der Waals surface area contributed by atoms with Gasteiger partial charge in [0.05, 0.1) is 32.9 Å². The van der Waals surface area contributed by atoms with E-state index in [9.17, 15) is 32.1 Å². The molecule has 31 heavy (non-hydrogen) atoms. The van der Waals surface area contributed by atoms with Gasteiger partial charge in [0.1, 0.15) is 5.56 Å². The summed E-state index contributed by atoms with van der Waals surface area (Å²) in [6.45, 7) is 1.37. The molecule has 0 aliphatic rings. The summed E-state index contributed by atoms with van der Waals surface area (Å²) in [5.74, 6) is -1.61. The number of carbonyl (C=O) groups is 1. The third kappa shape index (κ3) is 4.27. The van der Waals surface area contributed by atoms with E-state index < -0.39 is 39.6 Å². The number of aromatic carboxylic acids is 1. The first-order chi connectivity index (χ1) is 14.5. The van der Waals surface area contributed by atoms with Crippen molar-refractivity contribution in [2.24, 2.45) is 0 Å². The van der Waals surface area contributed by atoms with Crippen molar-refractivity contribution < 1.29 is 27.3 Å². The molecule has 6 nitrogen and oxygen atoms in total. The zero-order chi connectivity index (χ0) is 22.9. The highest BCUT2D eigenvalue weighted by atomic mass is 32.2. The minimum Gasteiger partial charge on any atom is -0.477 e. The lowest BCUT2D eigenvalue weighted by Crippen LogP contribution is -2.28. The Kier molecular flexibility index (Phi) is 5.81. The van der Waals surface area contributed by atoms with Crippen LogP contribution in [0.15, 0.2) is 69.2 Å². The molecule has 0 saturated carbocycles. The number of carboxylic acid groups (broad SMARTS) is 1. The molecule has 1 heterocycles. The average molecular weight is 446 g/mol. The molecule has 3 aromatic rings. The predicted molar refractivity (Wildman–Crippen MR) is 105 cm³/mol. The Morgan fingerprint density at radius 3 is 2.32 bits per heavy atom. The molecule has 1 N–H and O–H groups in total. The standard InChI is InChI=1S/C21H13F3N2O4S/c1-12-18(31(30)16-7-5-13(11-25)6-8-16)10-17(20(28)29)19(27)26(12)15-4-2-3-14(9-15)21(22,23)24/h2-10H,1H3,(H,28,29). The number of aromatic nitrogens is 1. The third-order valence-corrected chi connectivity index (χ3v) is 5.97. The number of benzene rings is 2. The van der Waals surface area contributed by atoms with E-state index in [1.54, 1.807) is 0 Å². The van der Waals surface area contributed by atoms with Gasteiger partial charge in [-0.15, -0.1) is 0 Å². The molecule has 1 aromatic heterocycles. The number of hydrogen-bond donors (Lipinski definition) is 1. The molecule has 0 spiro atoms. The van der Waals surface area contributed by atoms with E-state index in [-0.39, 0.29) is 21.2 Å². The van der Waals surface area contributed by atoms with Crippen LogP contribution in [0.2, 0.25) is 0 Å². The number of nitrogens with zero attached hydrogens (tertiary/aromatic N) is 2. The highest BCUT2D eigenvalue weighted by molar-refractivity contribution is 7.85. The second-order valence-corrected chi connectivity index (χ2v) is 7.86. The molecule has 1 unspecified atom stereocenters. The number of alkyl halides is 3. The quantitative estimate of drug-likeness (QED) is 0.655. The van der Waals surface area contributed by atoms with Gasteiger partial charge in [-0.05, 0) is 55.5 Å². The van der Waals surface area contributed by atoms with Gasteiger partial charge in [-0.3, -0.25) is 9.36 Å². The number of nitriles is 1.